The van der Waals surface area contributed by atoms with Crippen molar-refractivity contribution in [3.63, 3.8) is 0 Å². The van der Waals surface area contributed by atoms with Gasteiger partial charge in [-0.3, -0.25) is 4.79 Å². The molecular weight excluding hydrogens is 453 g/mol. The molecule has 0 aromatic heterocycles. The topological polar surface area (TPSA) is 57.7 Å². The quantitative estimate of drug-likeness (QED) is 0.644. The molecule has 10 heteroatoms. The van der Waals surface area contributed by atoms with E-state index in [1.165, 1.54) is 0 Å². The Bertz CT molecular complexity index is 1050. The van der Waals surface area contributed by atoms with Crippen molar-refractivity contribution in [2.45, 2.75) is 30.5 Å². The number of piperidine rings is 1. The first-order chi connectivity index (χ1) is 14.5. The molecule has 0 spiro atoms. The number of amides is 1. The smallest absolute Gasteiger partial charge is 0.341 e. The molecule has 1 amide bonds. The molecule has 0 atom stereocenters. The van der Waals surface area contributed by atoms with Crippen molar-refractivity contribution < 1.29 is 26.4 Å². The summed E-state index contributed by atoms with van der Waals surface area (Å²) in [5, 5.41) is 0.575. The van der Waals surface area contributed by atoms with E-state index in [1.54, 1.807) is 30.1 Å². The molecule has 0 bridgehead atoms. The third-order valence-corrected chi connectivity index (χ3v) is 7.42. The Morgan fingerprint density at radius 2 is 1.77 bits per heavy atom. The third kappa shape index (κ3) is 5.58. The van der Waals surface area contributed by atoms with Gasteiger partial charge < -0.3 is 4.90 Å². The summed E-state index contributed by atoms with van der Waals surface area (Å²) in [5.74, 6) is -0.451. The van der Waals surface area contributed by atoms with Crippen LogP contribution >= 0.6 is 11.6 Å². The molecule has 2 aromatic carbocycles. The minimum Gasteiger partial charge on any atom is -0.341 e. The van der Waals surface area contributed by atoms with Crippen LogP contribution in [0.4, 0.5) is 13.2 Å². The first-order valence-corrected chi connectivity index (χ1v) is 11.5. The predicted octanol–water partition coefficient (Wildman–Crippen LogP) is 4.42. The lowest BCUT2D eigenvalue weighted by Gasteiger charge is -2.32. The molecule has 1 aliphatic heterocycles. The number of carbonyl (C=O) groups excluding carboxylic acids is 1. The summed E-state index contributed by atoms with van der Waals surface area (Å²) in [4.78, 5) is 13.9. The van der Waals surface area contributed by atoms with Gasteiger partial charge in [-0.2, -0.15) is 17.5 Å². The van der Waals surface area contributed by atoms with Crippen LogP contribution in [0, 0.1) is 5.92 Å². The molecular formula is C21H22ClF3N2O3S. The third-order valence-electron chi connectivity index (χ3n) is 5.29. The molecule has 1 aliphatic rings. The SMILES string of the molecule is CN(Cc1cccc(Cl)c1)C(=O)C1CCN(S(=O)(=O)c2cccc(C(F)(F)F)c2)CC1. The maximum atomic E-state index is 12.9. The molecule has 0 unspecified atom stereocenters. The standard InChI is InChI=1S/C21H22ClF3N2O3S/c1-26(14-15-4-2-6-18(22)12-15)20(28)16-8-10-27(11-9-16)31(29,30)19-7-3-5-17(13-19)21(23,24)25/h2-7,12-13,16H,8-11,14H2,1H3. The number of carbonyl (C=O) groups is 1. The normalized spacial score (nSPS) is 16.3. The molecule has 1 heterocycles. The van der Waals surface area contributed by atoms with E-state index in [-0.39, 0.29) is 24.9 Å². The van der Waals surface area contributed by atoms with Crippen molar-refractivity contribution in [3.05, 3.63) is 64.7 Å². The van der Waals surface area contributed by atoms with Gasteiger partial charge in [-0.1, -0.05) is 29.8 Å². The fourth-order valence-electron chi connectivity index (χ4n) is 3.62. The number of halogens is 4. The van der Waals surface area contributed by atoms with Crippen LogP contribution in [0.2, 0.25) is 5.02 Å². The minimum atomic E-state index is -4.63. The highest BCUT2D eigenvalue weighted by atomic mass is 35.5. The van der Waals surface area contributed by atoms with Crippen LogP contribution in [0.1, 0.15) is 24.0 Å². The van der Waals surface area contributed by atoms with Gasteiger partial charge in [0, 0.05) is 37.6 Å². The Morgan fingerprint density at radius 1 is 1.13 bits per heavy atom. The van der Waals surface area contributed by atoms with Gasteiger partial charge in [-0.05, 0) is 48.7 Å². The van der Waals surface area contributed by atoms with Gasteiger partial charge in [0.15, 0.2) is 0 Å². The second kappa shape index (κ2) is 9.18. The molecule has 0 N–H and O–H groups in total. The molecule has 5 nitrogen and oxygen atoms in total. The summed E-state index contributed by atoms with van der Waals surface area (Å²) in [6.07, 6.45) is -4.02. The zero-order valence-electron chi connectivity index (χ0n) is 16.8. The summed E-state index contributed by atoms with van der Waals surface area (Å²) < 4.78 is 65.5. The fourth-order valence-corrected chi connectivity index (χ4v) is 5.35. The summed E-state index contributed by atoms with van der Waals surface area (Å²) in [5.41, 5.74) is -0.130. The van der Waals surface area contributed by atoms with E-state index in [1.807, 2.05) is 6.07 Å². The lowest BCUT2D eigenvalue weighted by molar-refractivity contribution is -0.138. The van der Waals surface area contributed by atoms with Crippen molar-refractivity contribution in [2.75, 3.05) is 20.1 Å². The first kappa shape index (κ1) is 23.6. The molecule has 1 fully saturated rings. The van der Waals surface area contributed by atoms with Crippen LogP contribution in [0.3, 0.4) is 0 Å². The van der Waals surface area contributed by atoms with Gasteiger partial charge in [-0.15, -0.1) is 0 Å². The van der Waals surface area contributed by atoms with E-state index >= 15 is 0 Å². The highest BCUT2D eigenvalue weighted by Crippen LogP contribution is 2.32. The summed E-state index contributed by atoms with van der Waals surface area (Å²) in [7, 11) is -2.40. The minimum absolute atomic E-state index is 0.0694. The molecule has 1 saturated heterocycles. The molecule has 3 rings (SSSR count). The average molecular weight is 475 g/mol. The summed E-state index contributed by atoms with van der Waals surface area (Å²) in [6.45, 7) is 0.516. The largest absolute Gasteiger partial charge is 0.416 e. The van der Waals surface area contributed by atoms with Gasteiger partial charge in [0.1, 0.15) is 0 Å². The zero-order valence-corrected chi connectivity index (χ0v) is 18.3. The Kier molecular flexibility index (Phi) is 6.98. The van der Waals surface area contributed by atoms with Gasteiger partial charge in [-0.25, -0.2) is 8.42 Å². The highest BCUT2D eigenvalue weighted by molar-refractivity contribution is 7.89. The van der Waals surface area contributed by atoms with Crippen LogP contribution in [-0.4, -0.2) is 43.7 Å². The molecule has 31 heavy (non-hydrogen) atoms. The average Bonchev–Trinajstić information content (AvgIpc) is 2.73. The Hall–Kier alpha value is -2.10. The van der Waals surface area contributed by atoms with Crippen LogP contribution in [-0.2, 0) is 27.5 Å². The van der Waals surface area contributed by atoms with Crippen molar-refractivity contribution in [3.8, 4) is 0 Å². The first-order valence-electron chi connectivity index (χ1n) is 9.65. The number of alkyl halides is 3. The Morgan fingerprint density at radius 3 is 2.39 bits per heavy atom. The molecule has 0 aliphatic carbocycles. The maximum absolute atomic E-state index is 12.9. The summed E-state index contributed by atoms with van der Waals surface area (Å²) in [6, 6.07) is 10.9. The molecule has 0 radical (unpaired) electrons. The van der Waals surface area contributed by atoms with E-state index in [9.17, 15) is 26.4 Å². The van der Waals surface area contributed by atoms with E-state index in [0.717, 1.165) is 28.1 Å². The number of benzene rings is 2. The van der Waals surface area contributed by atoms with Gasteiger partial charge in [0.2, 0.25) is 15.9 Å². The number of rotatable bonds is 5. The van der Waals surface area contributed by atoms with Gasteiger partial charge in [0.05, 0.1) is 10.5 Å². The van der Waals surface area contributed by atoms with Crippen molar-refractivity contribution in [1.29, 1.82) is 0 Å². The Balaban J connectivity index is 1.64. The maximum Gasteiger partial charge on any atom is 0.416 e. The van der Waals surface area contributed by atoms with Crippen LogP contribution in [0.15, 0.2) is 53.4 Å². The van der Waals surface area contributed by atoms with Gasteiger partial charge in [0.25, 0.3) is 0 Å². The number of nitrogens with zero attached hydrogens (tertiary/aromatic N) is 2. The Labute approximate surface area is 184 Å². The molecule has 2 aromatic rings. The second-order valence-corrected chi connectivity index (χ2v) is 9.90. The summed E-state index contributed by atoms with van der Waals surface area (Å²) >= 11 is 5.97. The monoisotopic (exact) mass is 474 g/mol. The van der Waals surface area contributed by atoms with E-state index in [4.69, 9.17) is 11.6 Å². The second-order valence-electron chi connectivity index (χ2n) is 7.53. The number of hydrogen-bond donors (Lipinski definition) is 0. The van der Waals surface area contributed by atoms with Crippen LogP contribution < -0.4 is 0 Å². The zero-order chi connectivity index (χ0) is 22.8. The molecule has 168 valence electrons. The van der Waals surface area contributed by atoms with E-state index in [2.05, 4.69) is 0 Å². The lowest BCUT2D eigenvalue weighted by atomic mass is 9.96. The van der Waals surface area contributed by atoms with Crippen LogP contribution in [0.5, 0.6) is 0 Å². The van der Waals surface area contributed by atoms with Gasteiger partial charge >= 0.3 is 6.18 Å². The predicted molar refractivity (Wildman–Crippen MR) is 111 cm³/mol. The fraction of sp³-hybridized carbons (Fsp3) is 0.381. The van der Waals surface area contributed by atoms with Crippen molar-refractivity contribution >= 4 is 27.5 Å². The molecule has 0 saturated carbocycles. The van der Waals surface area contributed by atoms with Crippen molar-refractivity contribution in [2.24, 2.45) is 5.92 Å². The number of hydrogen-bond acceptors (Lipinski definition) is 3. The van der Waals surface area contributed by atoms with Crippen molar-refractivity contribution in [1.82, 2.24) is 9.21 Å². The van der Waals surface area contributed by atoms with E-state index in [0.29, 0.717) is 30.5 Å². The highest BCUT2D eigenvalue weighted by Gasteiger charge is 2.35. The lowest BCUT2D eigenvalue weighted by Crippen LogP contribution is -2.43. The van der Waals surface area contributed by atoms with E-state index < -0.39 is 26.7 Å². The number of sulfonamides is 1. The van der Waals surface area contributed by atoms with Crippen LogP contribution in [0.25, 0.3) is 0 Å².